The van der Waals surface area contributed by atoms with Crippen LogP contribution in [0.3, 0.4) is 0 Å². The molecule has 0 aromatic heterocycles. The van der Waals surface area contributed by atoms with Gasteiger partial charge in [0.15, 0.2) is 6.61 Å². The van der Waals surface area contributed by atoms with Crippen molar-refractivity contribution in [3.63, 3.8) is 0 Å². The number of nitrogens with zero attached hydrogens (tertiary/aromatic N) is 1. The third-order valence-corrected chi connectivity index (χ3v) is 4.77. The minimum Gasteiger partial charge on any atom is -0.483 e. The average molecular weight is 363 g/mol. The molecule has 0 spiro atoms. The van der Waals surface area contributed by atoms with Crippen molar-refractivity contribution < 1.29 is 14.6 Å². The van der Waals surface area contributed by atoms with Crippen molar-refractivity contribution in [2.24, 2.45) is 0 Å². The summed E-state index contributed by atoms with van der Waals surface area (Å²) >= 11 is 0. The van der Waals surface area contributed by atoms with Crippen LogP contribution in [0.15, 0.2) is 60.7 Å². The first kappa shape index (κ1) is 18.9. The molecule has 0 atom stereocenters. The summed E-state index contributed by atoms with van der Waals surface area (Å²) in [4.78, 5) is 14.0. The van der Waals surface area contributed by atoms with E-state index in [1.165, 1.54) is 0 Å². The number of hydrogen-bond acceptors (Lipinski definition) is 3. The summed E-state index contributed by atoms with van der Waals surface area (Å²) in [6, 6.07) is 19.8. The molecule has 0 unspecified atom stereocenters. The fourth-order valence-corrected chi connectivity index (χ4v) is 3.29. The molecule has 0 fully saturated rings. The monoisotopic (exact) mass is 363 g/mol. The minimum absolute atomic E-state index is 0.0104. The van der Waals surface area contributed by atoms with Crippen molar-refractivity contribution >= 4 is 16.7 Å². The molecule has 0 radical (unpaired) electrons. The van der Waals surface area contributed by atoms with Gasteiger partial charge in [0.05, 0.1) is 6.61 Å². The van der Waals surface area contributed by atoms with Gasteiger partial charge in [0, 0.05) is 18.5 Å². The summed E-state index contributed by atoms with van der Waals surface area (Å²) in [5, 5.41) is 11.4. The van der Waals surface area contributed by atoms with Crippen LogP contribution < -0.4 is 4.74 Å². The van der Waals surface area contributed by atoms with Crippen LogP contribution in [0.5, 0.6) is 5.75 Å². The first-order valence-corrected chi connectivity index (χ1v) is 9.30. The molecule has 140 valence electrons. The molecule has 0 saturated carbocycles. The summed E-state index contributed by atoms with van der Waals surface area (Å²) < 4.78 is 5.87. The third-order valence-electron chi connectivity index (χ3n) is 4.77. The second kappa shape index (κ2) is 8.69. The lowest BCUT2D eigenvalue weighted by molar-refractivity contribution is -0.132. The van der Waals surface area contributed by atoms with E-state index >= 15 is 0 Å². The van der Waals surface area contributed by atoms with E-state index in [-0.39, 0.29) is 19.1 Å². The van der Waals surface area contributed by atoms with Gasteiger partial charge in [-0.3, -0.25) is 4.79 Å². The van der Waals surface area contributed by atoms with Gasteiger partial charge >= 0.3 is 0 Å². The van der Waals surface area contributed by atoms with Crippen LogP contribution >= 0.6 is 0 Å². The van der Waals surface area contributed by atoms with Crippen LogP contribution in [0.4, 0.5) is 0 Å². The van der Waals surface area contributed by atoms with Crippen LogP contribution in [0, 0.1) is 0 Å². The fourth-order valence-electron chi connectivity index (χ4n) is 3.29. The van der Waals surface area contributed by atoms with Crippen LogP contribution in [0.1, 0.15) is 19.4 Å². The number of aliphatic hydroxyl groups excluding tert-OH is 1. The standard InChI is InChI=1S/C23H25NO3/c1-3-24(4-2)23(26)16-27-22-13-12-19(20-10-5-6-11-21(20)22)18-9-7-8-17(14-18)15-25/h5-14,25H,3-4,15-16H2,1-2H3. The van der Waals surface area contributed by atoms with Crippen molar-refractivity contribution in [3.05, 3.63) is 66.2 Å². The molecule has 27 heavy (non-hydrogen) atoms. The Morgan fingerprint density at radius 2 is 1.70 bits per heavy atom. The number of rotatable bonds is 7. The van der Waals surface area contributed by atoms with E-state index in [1.807, 2.05) is 68.4 Å². The second-order valence-corrected chi connectivity index (χ2v) is 6.37. The lowest BCUT2D eigenvalue weighted by atomic mass is 9.96. The summed E-state index contributed by atoms with van der Waals surface area (Å²) in [7, 11) is 0. The van der Waals surface area contributed by atoms with Gasteiger partial charge in [-0.05, 0) is 48.1 Å². The van der Waals surface area contributed by atoms with E-state index in [9.17, 15) is 9.90 Å². The van der Waals surface area contributed by atoms with Crippen molar-refractivity contribution in [1.82, 2.24) is 4.90 Å². The largest absolute Gasteiger partial charge is 0.483 e. The van der Waals surface area contributed by atoms with Gasteiger partial charge in [-0.1, -0.05) is 48.5 Å². The lowest BCUT2D eigenvalue weighted by Gasteiger charge is -2.19. The highest BCUT2D eigenvalue weighted by Crippen LogP contribution is 2.34. The van der Waals surface area contributed by atoms with Crippen molar-refractivity contribution in [1.29, 1.82) is 0 Å². The van der Waals surface area contributed by atoms with Crippen LogP contribution in [0.25, 0.3) is 21.9 Å². The maximum absolute atomic E-state index is 12.3. The molecule has 3 aromatic rings. The number of fused-ring (bicyclic) bond motifs is 1. The Hall–Kier alpha value is -2.85. The Morgan fingerprint density at radius 3 is 2.41 bits per heavy atom. The maximum Gasteiger partial charge on any atom is 0.260 e. The maximum atomic E-state index is 12.3. The zero-order valence-corrected chi connectivity index (χ0v) is 15.8. The molecule has 1 N–H and O–H groups in total. The van der Waals surface area contributed by atoms with Crippen molar-refractivity contribution in [2.45, 2.75) is 20.5 Å². The molecule has 0 bridgehead atoms. The lowest BCUT2D eigenvalue weighted by Crippen LogP contribution is -2.34. The molecular formula is C23H25NO3. The van der Waals surface area contributed by atoms with E-state index in [1.54, 1.807) is 4.90 Å². The zero-order chi connectivity index (χ0) is 19.2. The van der Waals surface area contributed by atoms with Gasteiger partial charge in [0.2, 0.25) is 0 Å². The number of amides is 1. The molecule has 3 aromatic carbocycles. The quantitative estimate of drug-likeness (QED) is 0.683. The van der Waals surface area contributed by atoms with E-state index in [0.29, 0.717) is 18.8 Å². The van der Waals surface area contributed by atoms with Gasteiger partial charge < -0.3 is 14.7 Å². The average Bonchev–Trinajstić information content (AvgIpc) is 2.72. The number of ether oxygens (including phenoxy) is 1. The van der Waals surface area contributed by atoms with Crippen molar-refractivity contribution in [3.8, 4) is 16.9 Å². The van der Waals surface area contributed by atoms with Crippen LogP contribution in [0.2, 0.25) is 0 Å². The van der Waals surface area contributed by atoms with Gasteiger partial charge in [-0.2, -0.15) is 0 Å². The van der Waals surface area contributed by atoms with E-state index in [2.05, 4.69) is 6.07 Å². The predicted octanol–water partition coefficient (Wildman–Crippen LogP) is 4.25. The highest BCUT2D eigenvalue weighted by Gasteiger charge is 2.13. The molecule has 0 aliphatic rings. The van der Waals surface area contributed by atoms with Crippen molar-refractivity contribution in [2.75, 3.05) is 19.7 Å². The highest BCUT2D eigenvalue weighted by molar-refractivity contribution is 6.00. The Morgan fingerprint density at radius 1 is 0.963 bits per heavy atom. The summed E-state index contributed by atoms with van der Waals surface area (Å²) in [6.07, 6.45) is 0. The van der Waals surface area contributed by atoms with E-state index < -0.39 is 0 Å². The minimum atomic E-state index is -0.0104. The second-order valence-electron chi connectivity index (χ2n) is 6.37. The summed E-state index contributed by atoms with van der Waals surface area (Å²) in [5.41, 5.74) is 2.99. The topological polar surface area (TPSA) is 49.8 Å². The Balaban J connectivity index is 1.95. The Bertz CT molecular complexity index is 932. The van der Waals surface area contributed by atoms with Gasteiger partial charge in [0.25, 0.3) is 5.91 Å². The van der Waals surface area contributed by atoms with Gasteiger partial charge in [-0.15, -0.1) is 0 Å². The molecule has 3 rings (SSSR count). The first-order valence-electron chi connectivity index (χ1n) is 9.30. The third kappa shape index (κ3) is 4.12. The normalized spacial score (nSPS) is 10.8. The molecular weight excluding hydrogens is 338 g/mol. The Kier molecular flexibility index (Phi) is 6.09. The SMILES string of the molecule is CCN(CC)C(=O)COc1ccc(-c2cccc(CO)c2)c2ccccc12. The highest BCUT2D eigenvalue weighted by atomic mass is 16.5. The smallest absolute Gasteiger partial charge is 0.260 e. The summed E-state index contributed by atoms with van der Waals surface area (Å²) in [6.45, 7) is 5.34. The molecule has 0 saturated heterocycles. The Labute approximate surface area is 160 Å². The molecule has 4 nitrogen and oxygen atoms in total. The van der Waals surface area contributed by atoms with Crippen LogP contribution in [-0.4, -0.2) is 35.6 Å². The number of carbonyl (C=O) groups excluding carboxylic acids is 1. The first-order chi connectivity index (χ1) is 13.2. The summed E-state index contributed by atoms with van der Waals surface area (Å²) in [5.74, 6) is 0.692. The van der Waals surface area contributed by atoms with E-state index in [4.69, 9.17) is 4.74 Å². The predicted molar refractivity (Wildman–Crippen MR) is 109 cm³/mol. The van der Waals surface area contributed by atoms with E-state index in [0.717, 1.165) is 27.5 Å². The molecule has 1 amide bonds. The fraction of sp³-hybridized carbons (Fsp3) is 0.261. The number of likely N-dealkylation sites (N-methyl/N-ethyl adjacent to an activating group) is 1. The zero-order valence-electron chi connectivity index (χ0n) is 15.8. The molecule has 0 aliphatic carbocycles. The van der Waals surface area contributed by atoms with Crippen LogP contribution in [-0.2, 0) is 11.4 Å². The number of carbonyl (C=O) groups is 1. The molecule has 4 heteroatoms. The molecule has 0 heterocycles. The van der Waals surface area contributed by atoms with Gasteiger partial charge in [0.1, 0.15) is 5.75 Å². The number of benzene rings is 3. The molecule has 0 aliphatic heterocycles. The number of aliphatic hydroxyl groups is 1. The van der Waals surface area contributed by atoms with Gasteiger partial charge in [-0.25, -0.2) is 0 Å². The number of hydrogen-bond donors (Lipinski definition) is 1.